The number of ketones is 2. The summed E-state index contributed by atoms with van der Waals surface area (Å²) in [6.07, 6.45) is 0. The van der Waals surface area contributed by atoms with Gasteiger partial charge in [0.2, 0.25) is 0 Å². The van der Waals surface area contributed by atoms with Crippen molar-refractivity contribution in [3.63, 3.8) is 0 Å². The molecule has 0 aromatic heterocycles. The van der Waals surface area contributed by atoms with E-state index in [0.29, 0.717) is 6.54 Å². The van der Waals surface area contributed by atoms with Crippen LogP contribution in [-0.4, -0.2) is 30.7 Å². The van der Waals surface area contributed by atoms with Gasteiger partial charge in [-0.3, -0.25) is 9.59 Å². The molecule has 0 radical (unpaired) electrons. The molecule has 116 valence electrons. The van der Waals surface area contributed by atoms with Gasteiger partial charge >= 0.3 is 0 Å². The Kier molecular flexibility index (Phi) is 15.1. The van der Waals surface area contributed by atoms with Crippen LogP contribution in [0.25, 0.3) is 0 Å². The molecule has 0 fully saturated rings. The third-order valence-corrected chi connectivity index (χ3v) is 2.60. The van der Waals surface area contributed by atoms with Gasteiger partial charge in [0.15, 0.2) is 5.78 Å². The Hall–Kier alpha value is -0.780. The number of carbonyl (C=O) groups is 2. The van der Waals surface area contributed by atoms with E-state index in [4.69, 9.17) is 17.2 Å². The van der Waals surface area contributed by atoms with E-state index >= 15 is 0 Å². The van der Waals surface area contributed by atoms with E-state index in [9.17, 15) is 9.59 Å². The fourth-order valence-electron chi connectivity index (χ4n) is 1.23. The molecule has 0 aliphatic heterocycles. The van der Waals surface area contributed by atoms with Crippen LogP contribution in [0.3, 0.4) is 0 Å². The van der Waals surface area contributed by atoms with Crippen LogP contribution < -0.4 is 17.2 Å². The largest absolute Gasteiger partial charge is 0.330 e. The average Bonchev–Trinajstić information content (AvgIpc) is 2.35. The number of Topliss-reactive ketones (excluding diaryl/α,β-unsaturated/α-hetero) is 2. The van der Waals surface area contributed by atoms with Gasteiger partial charge in [-0.25, -0.2) is 0 Å². The Morgan fingerprint density at radius 2 is 1.21 bits per heavy atom. The lowest BCUT2D eigenvalue weighted by atomic mass is 9.97. The molecule has 0 saturated carbocycles. The Balaban J connectivity index is -0.000000256. The van der Waals surface area contributed by atoms with Crippen molar-refractivity contribution < 1.29 is 9.59 Å². The van der Waals surface area contributed by atoms with Gasteiger partial charge in [0.25, 0.3) is 0 Å². The Morgan fingerprint density at radius 3 is 1.32 bits per heavy atom. The first-order valence-corrected chi connectivity index (χ1v) is 6.42. The third-order valence-electron chi connectivity index (χ3n) is 2.60. The van der Waals surface area contributed by atoms with Crippen LogP contribution in [0.5, 0.6) is 0 Å². The van der Waals surface area contributed by atoms with E-state index in [1.807, 2.05) is 34.6 Å². The molecule has 0 bridgehead atoms. The van der Waals surface area contributed by atoms with Crippen molar-refractivity contribution >= 4 is 11.6 Å². The van der Waals surface area contributed by atoms with Crippen molar-refractivity contribution in [1.29, 1.82) is 0 Å². The zero-order valence-corrected chi connectivity index (χ0v) is 12.3. The zero-order chi connectivity index (χ0) is 14.9. The molecule has 0 spiro atoms. The topological polar surface area (TPSA) is 112 Å². The predicted octanol–water partition coefficient (Wildman–Crippen LogP) is 0.940. The Morgan fingerprint density at radius 1 is 0.842 bits per heavy atom. The predicted molar refractivity (Wildman–Crippen MR) is 81.7 cm³/mol. The smallest absolute Gasteiger partial charge is 0.153 e. The maximum atomic E-state index is 11.0. The van der Waals surface area contributed by atoms with Gasteiger partial charge in [-0.1, -0.05) is 42.0 Å². The maximum Gasteiger partial charge on any atom is 0.153 e. The highest BCUT2D eigenvalue weighted by Gasteiger charge is 2.14. The van der Waals surface area contributed by atoms with Crippen molar-refractivity contribution in [3.8, 4) is 0 Å². The third kappa shape index (κ3) is 10.8. The van der Waals surface area contributed by atoms with Gasteiger partial charge in [-0.15, -0.1) is 0 Å². The normalized spacial score (nSPS) is 13.2. The fraction of sp³-hybridized carbons (Fsp3) is 0.857. The lowest BCUT2D eigenvalue weighted by Crippen LogP contribution is -2.40. The summed E-state index contributed by atoms with van der Waals surface area (Å²) in [6, 6.07) is -0.468. The minimum absolute atomic E-state index is 0. The minimum Gasteiger partial charge on any atom is -0.330 e. The van der Waals surface area contributed by atoms with Gasteiger partial charge in [-0.2, -0.15) is 0 Å². The molecule has 2 atom stereocenters. The van der Waals surface area contributed by atoms with Gasteiger partial charge in [0.05, 0.1) is 6.04 Å². The van der Waals surface area contributed by atoms with Gasteiger partial charge in [0.1, 0.15) is 5.78 Å². The highest BCUT2D eigenvalue weighted by molar-refractivity contribution is 5.85. The van der Waals surface area contributed by atoms with Crippen molar-refractivity contribution in [1.82, 2.24) is 0 Å². The number of rotatable bonds is 6. The van der Waals surface area contributed by atoms with Gasteiger partial charge < -0.3 is 17.2 Å². The summed E-state index contributed by atoms with van der Waals surface area (Å²) in [7, 11) is 0. The summed E-state index contributed by atoms with van der Waals surface area (Å²) < 4.78 is 0. The number of carbonyl (C=O) groups excluding carboxylic acids is 2. The van der Waals surface area contributed by atoms with E-state index in [0.717, 1.165) is 0 Å². The molecule has 0 aliphatic rings. The molecule has 19 heavy (non-hydrogen) atoms. The lowest BCUT2D eigenvalue weighted by molar-refractivity contribution is -0.125. The molecule has 0 rings (SSSR count). The van der Waals surface area contributed by atoms with Gasteiger partial charge in [0, 0.05) is 30.8 Å². The van der Waals surface area contributed by atoms with Crippen molar-refractivity contribution in [2.45, 2.75) is 48.1 Å². The molecule has 6 N–H and O–H groups in total. The first-order chi connectivity index (χ1) is 8.18. The molecule has 0 aliphatic carbocycles. The summed E-state index contributed by atoms with van der Waals surface area (Å²) in [5, 5.41) is 0. The molecule has 0 saturated heterocycles. The highest BCUT2D eigenvalue weighted by Crippen LogP contribution is 2.03. The van der Waals surface area contributed by atoms with Crippen molar-refractivity contribution in [3.05, 3.63) is 0 Å². The maximum absolute atomic E-state index is 11.0. The lowest BCUT2D eigenvalue weighted by Gasteiger charge is -2.08. The average molecular weight is 275 g/mol. The van der Waals surface area contributed by atoms with Crippen molar-refractivity contribution in [2.75, 3.05) is 13.1 Å². The fourth-order valence-corrected chi connectivity index (χ4v) is 1.23. The summed E-state index contributed by atoms with van der Waals surface area (Å²) in [5.74, 6) is 0.465. The standard InChI is InChI=1S/C7H15NO.C6H14N2O.CH4/c1-5(2)7(9)6(3)4-8;1-4(2)6(9)5(8)3-7;/h5-6H,4,8H2,1-3H3;4-5H,3,7-8H2,1-2H3;1H4/t6-;5-;/m10./s1. The highest BCUT2D eigenvalue weighted by atomic mass is 16.1. The van der Waals surface area contributed by atoms with E-state index in [1.54, 1.807) is 0 Å². The van der Waals surface area contributed by atoms with E-state index in [-0.39, 0.29) is 43.3 Å². The zero-order valence-electron chi connectivity index (χ0n) is 12.3. The minimum atomic E-state index is -0.468. The number of hydrogen-bond acceptors (Lipinski definition) is 5. The number of nitrogens with two attached hydrogens (primary N) is 3. The second-order valence-corrected chi connectivity index (χ2v) is 5.09. The monoisotopic (exact) mass is 275 g/mol. The van der Waals surface area contributed by atoms with E-state index < -0.39 is 6.04 Å². The molecule has 0 aromatic rings. The van der Waals surface area contributed by atoms with Crippen LogP contribution in [0.2, 0.25) is 0 Å². The quantitative estimate of drug-likeness (QED) is 0.668. The van der Waals surface area contributed by atoms with Crippen LogP contribution in [0.15, 0.2) is 0 Å². The van der Waals surface area contributed by atoms with E-state index in [1.165, 1.54) is 0 Å². The molecular weight excluding hydrogens is 242 g/mol. The summed E-state index contributed by atoms with van der Waals surface area (Å²) >= 11 is 0. The molecule has 5 heteroatoms. The van der Waals surface area contributed by atoms with Crippen LogP contribution in [0, 0.1) is 17.8 Å². The van der Waals surface area contributed by atoms with Crippen molar-refractivity contribution in [2.24, 2.45) is 35.0 Å². The summed E-state index contributed by atoms with van der Waals surface area (Å²) in [5.41, 5.74) is 15.8. The molecule has 0 amide bonds. The number of hydrogen-bond donors (Lipinski definition) is 3. The molecule has 0 aromatic carbocycles. The second-order valence-electron chi connectivity index (χ2n) is 5.09. The van der Waals surface area contributed by atoms with Crippen LogP contribution in [-0.2, 0) is 9.59 Å². The van der Waals surface area contributed by atoms with Crippen LogP contribution in [0.1, 0.15) is 42.0 Å². The van der Waals surface area contributed by atoms with Crippen LogP contribution >= 0.6 is 0 Å². The summed E-state index contributed by atoms with van der Waals surface area (Å²) in [4.78, 5) is 21.9. The van der Waals surface area contributed by atoms with Gasteiger partial charge in [-0.05, 0) is 0 Å². The molecule has 5 nitrogen and oxygen atoms in total. The molecule has 0 unspecified atom stereocenters. The molecule has 0 heterocycles. The van der Waals surface area contributed by atoms with Crippen LogP contribution in [0.4, 0.5) is 0 Å². The molecular formula is C14H33N3O2. The van der Waals surface area contributed by atoms with E-state index in [2.05, 4.69) is 0 Å². The Labute approximate surface area is 118 Å². The first kappa shape index (κ1) is 23.3. The Bertz CT molecular complexity index is 227. The second kappa shape index (κ2) is 12.3. The SMILES string of the molecule is C.CC(C)C(=O)[C@@H](N)CN.CC(C)C(=O)[C@H](C)CN. The first-order valence-electron chi connectivity index (χ1n) is 6.42. The summed E-state index contributed by atoms with van der Waals surface area (Å²) in [6.45, 7) is 10.0.